The van der Waals surface area contributed by atoms with Gasteiger partial charge in [0.1, 0.15) is 0 Å². The second-order valence-corrected chi connectivity index (χ2v) is 5.87. The highest BCUT2D eigenvalue weighted by Gasteiger charge is 2.23. The highest BCUT2D eigenvalue weighted by Crippen LogP contribution is 2.05. The molecule has 112 valence electrons. The van der Waals surface area contributed by atoms with Crippen molar-refractivity contribution >= 4 is 11.9 Å². The van der Waals surface area contributed by atoms with Gasteiger partial charge >= 0.3 is 5.97 Å². The third kappa shape index (κ3) is 8.59. The molecule has 0 saturated carbocycles. The topological polar surface area (TPSA) is 69.6 Å². The minimum atomic E-state index is -0.900. The molecule has 0 aromatic heterocycles. The summed E-state index contributed by atoms with van der Waals surface area (Å²) in [5.41, 5.74) is 0. The van der Waals surface area contributed by atoms with E-state index in [9.17, 15) is 9.59 Å². The summed E-state index contributed by atoms with van der Waals surface area (Å²) in [5.74, 6) is -0.128. The molecule has 0 aromatic carbocycles. The molecule has 1 unspecified atom stereocenters. The normalized spacial score (nSPS) is 13.1. The molecule has 0 aliphatic rings. The van der Waals surface area contributed by atoms with E-state index in [4.69, 9.17) is 5.11 Å². The Labute approximate surface area is 116 Å². The van der Waals surface area contributed by atoms with Gasteiger partial charge in [-0.3, -0.25) is 14.5 Å². The molecule has 5 nitrogen and oxygen atoms in total. The SMILES string of the molecule is CC(C)CCNC(=O)C(C)N(CC(=O)O)CC(C)C. The van der Waals surface area contributed by atoms with E-state index in [-0.39, 0.29) is 12.5 Å². The van der Waals surface area contributed by atoms with Crippen molar-refractivity contribution in [2.45, 2.75) is 47.1 Å². The van der Waals surface area contributed by atoms with Crippen molar-refractivity contribution in [1.29, 1.82) is 0 Å². The Morgan fingerprint density at radius 3 is 2.11 bits per heavy atom. The number of hydrogen-bond acceptors (Lipinski definition) is 3. The molecular weight excluding hydrogens is 244 g/mol. The molecule has 0 spiro atoms. The van der Waals surface area contributed by atoms with E-state index < -0.39 is 12.0 Å². The fraction of sp³-hybridized carbons (Fsp3) is 0.857. The molecule has 19 heavy (non-hydrogen) atoms. The zero-order valence-electron chi connectivity index (χ0n) is 12.8. The fourth-order valence-corrected chi connectivity index (χ4v) is 1.80. The van der Waals surface area contributed by atoms with Crippen LogP contribution in [-0.2, 0) is 9.59 Å². The first-order chi connectivity index (χ1) is 8.73. The zero-order valence-corrected chi connectivity index (χ0v) is 12.8. The maximum atomic E-state index is 12.0. The number of carbonyl (C=O) groups is 2. The Kier molecular flexibility index (Phi) is 8.39. The van der Waals surface area contributed by atoms with Gasteiger partial charge in [0.25, 0.3) is 0 Å². The summed E-state index contributed by atoms with van der Waals surface area (Å²) in [4.78, 5) is 24.5. The van der Waals surface area contributed by atoms with Gasteiger partial charge in [0.15, 0.2) is 0 Å². The average molecular weight is 272 g/mol. The summed E-state index contributed by atoms with van der Waals surface area (Å²) in [6.45, 7) is 11.1. The largest absolute Gasteiger partial charge is 0.480 e. The average Bonchev–Trinajstić information content (AvgIpc) is 2.25. The Hall–Kier alpha value is -1.10. The minimum absolute atomic E-state index is 0.0949. The van der Waals surface area contributed by atoms with Crippen LogP contribution in [0.15, 0.2) is 0 Å². The quantitative estimate of drug-likeness (QED) is 0.668. The minimum Gasteiger partial charge on any atom is -0.480 e. The summed E-state index contributed by atoms with van der Waals surface area (Å²) in [5, 5.41) is 11.8. The zero-order chi connectivity index (χ0) is 15.0. The van der Waals surface area contributed by atoms with E-state index in [0.29, 0.717) is 24.9 Å². The van der Waals surface area contributed by atoms with Gasteiger partial charge in [0.2, 0.25) is 5.91 Å². The molecule has 5 heteroatoms. The maximum absolute atomic E-state index is 12.0. The van der Waals surface area contributed by atoms with Crippen molar-refractivity contribution in [3.63, 3.8) is 0 Å². The summed E-state index contributed by atoms with van der Waals surface area (Å²) < 4.78 is 0. The lowest BCUT2D eigenvalue weighted by molar-refractivity contribution is -0.140. The number of carboxylic acid groups (broad SMARTS) is 1. The van der Waals surface area contributed by atoms with Crippen LogP contribution >= 0.6 is 0 Å². The van der Waals surface area contributed by atoms with Crippen molar-refractivity contribution < 1.29 is 14.7 Å². The van der Waals surface area contributed by atoms with Crippen LogP contribution in [0.4, 0.5) is 0 Å². The van der Waals surface area contributed by atoms with Crippen molar-refractivity contribution in [2.75, 3.05) is 19.6 Å². The van der Waals surface area contributed by atoms with Crippen LogP contribution in [0.1, 0.15) is 41.0 Å². The molecule has 2 N–H and O–H groups in total. The lowest BCUT2D eigenvalue weighted by Crippen LogP contribution is -2.48. The number of amides is 1. The van der Waals surface area contributed by atoms with Gasteiger partial charge in [-0.2, -0.15) is 0 Å². The van der Waals surface area contributed by atoms with Gasteiger partial charge in [0, 0.05) is 13.1 Å². The van der Waals surface area contributed by atoms with Crippen LogP contribution in [0, 0.1) is 11.8 Å². The van der Waals surface area contributed by atoms with E-state index in [1.165, 1.54) is 0 Å². The number of rotatable bonds is 9. The molecule has 0 saturated heterocycles. The molecule has 0 rings (SSSR count). The summed E-state index contributed by atoms with van der Waals surface area (Å²) in [7, 11) is 0. The Balaban J connectivity index is 4.38. The molecule has 0 fully saturated rings. The van der Waals surface area contributed by atoms with Gasteiger partial charge in [-0.05, 0) is 25.2 Å². The fourth-order valence-electron chi connectivity index (χ4n) is 1.80. The molecule has 0 aliphatic heterocycles. The lowest BCUT2D eigenvalue weighted by atomic mass is 10.1. The lowest BCUT2D eigenvalue weighted by Gasteiger charge is -2.28. The van der Waals surface area contributed by atoms with Gasteiger partial charge in [0.05, 0.1) is 12.6 Å². The van der Waals surface area contributed by atoms with Crippen molar-refractivity contribution in [1.82, 2.24) is 10.2 Å². The Morgan fingerprint density at radius 2 is 1.68 bits per heavy atom. The summed E-state index contributed by atoms with van der Waals surface area (Å²) >= 11 is 0. The van der Waals surface area contributed by atoms with E-state index in [1.54, 1.807) is 11.8 Å². The van der Waals surface area contributed by atoms with E-state index >= 15 is 0 Å². The van der Waals surface area contributed by atoms with Gasteiger partial charge in [-0.1, -0.05) is 27.7 Å². The van der Waals surface area contributed by atoms with Crippen molar-refractivity contribution in [2.24, 2.45) is 11.8 Å². The van der Waals surface area contributed by atoms with Crippen LogP contribution < -0.4 is 5.32 Å². The van der Waals surface area contributed by atoms with E-state index in [2.05, 4.69) is 19.2 Å². The first-order valence-corrected chi connectivity index (χ1v) is 6.97. The second kappa shape index (κ2) is 8.91. The number of carbonyl (C=O) groups excluding carboxylic acids is 1. The van der Waals surface area contributed by atoms with Crippen LogP contribution in [-0.4, -0.2) is 47.6 Å². The molecule has 0 heterocycles. The van der Waals surface area contributed by atoms with Crippen LogP contribution in [0.3, 0.4) is 0 Å². The molecule has 0 aromatic rings. The number of nitrogens with one attached hydrogen (secondary N) is 1. The smallest absolute Gasteiger partial charge is 0.317 e. The molecule has 0 bridgehead atoms. The van der Waals surface area contributed by atoms with Crippen molar-refractivity contribution in [3.05, 3.63) is 0 Å². The van der Waals surface area contributed by atoms with Gasteiger partial charge in [-0.15, -0.1) is 0 Å². The third-order valence-corrected chi connectivity index (χ3v) is 2.89. The molecule has 0 aliphatic carbocycles. The van der Waals surface area contributed by atoms with E-state index in [1.807, 2.05) is 13.8 Å². The standard InChI is InChI=1S/C14H28N2O3/c1-10(2)6-7-15-14(19)12(5)16(8-11(3)4)9-13(17)18/h10-12H,6-9H2,1-5H3,(H,15,19)(H,17,18). The van der Waals surface area contributed by atoms with Gasteiger partial charge < -0.3 is 10.4 Å². The van der Waals surface area contributed by atoms with E-state index in [0.717, 1.165) is 6.42 Å². The predicted molar refractivity (Wildman–Crippen MR) is 76.0 cm³/mol. The summed E-state index contributed by atoms with van der Waals surface area (Å²) in [6, 6.07) is -0.411. The Morgan fingerprint density at radius 1 is 1.11 bits per heavy atom. The first kappa shape index (κ1) is 17.9. The molecule has 0 radical (unpaired) electrons. The molecule has 1 amide bonds. The number of hydrogen-bond donors (Lipinski definition) is 2. The Bertz CT molecular complexity index is 290. The number of nitrogens with zero attached hydrogens (tertiary/aromatic N) is 1. The predicted octanol–water partition coefficient (Wildman–Crippen LogP) is 1.58. The maximum Gasteiger partial charge on any atom is 0.317 e. The highest BCUT2D eigenvalue weighted by molar-refractivity contribution is 5.82. The van der Waals surface area contributed by atoms with Gasteiger partial charge in [-0.25, -0.2) is 0 Å². The van der Waals surface area contributed by atoms with Crippen LogP contribution in [0.5, 0.6) is 0 Å². The number of carboxylic acids is 1. The van der Waals surface area contributed by atoms with Crippen LogP contribution in [0.25, 0.3) is 0 Å². The monoisotopic (exact) mass is 272 g/mol. The van der Waals surface area contributed by atoms with Crippen LogP contribution in [0.2, 0.25) is 0 Å². The second-order valence-electron chi connectivity index (χ2n) is 5.87. The molecular formula is C14H28N2O3. The van der Waals surface area contributed by atoms with Crippen molar-refractivity contribution in [3.8, 4) is 0 Å². The highest BCUT2D eigenvalue weighted by atomic mass is 16.4. The third-order valence-electron chi connectivity index (χ3n) is 2.89. The first-order valence-electron chi connectivity index (χ1n) is 6.97. The summed E-state index contributed by atoms with van der Waals surface area (Å²) in [6.07, 6.45) is 0.932. The number of aliphatic carboxylic acids is 1. The molecule has 1 atom stereocenters.